The van der Waals surface area contributed by atoms with Gasteiger partial charge in [0.2, 0.25) is 0 Å². The molecule has 8 nitrogen and oxygen atoms in total. The van der Waals surface area contributed by atoms with Crippen LogP contribution in [0.4, 0.5) is 5.69 Å². The molecule has 2 aromatic rings. The summed E-state index contributed by atoms with van der Waals surface area (Å²) in [5.41, 5.74) is 4.17. The van der Waals surface area contributed by atoms with Crippen LogP contribution in [0.3, 0.4) is 0 Å². The molecule has 0 aliphatic heterocycles. The summed E-state index contributed by atoms with van der Waals surface area (Å²) in [6, 6.07) is 7.13. The predicted molar refractivity (Wildman–Crippen MR) is 83.5 cm³/mol. The molecule has 0 radical (unpaired) electrons. The molecule has 2 rings (SSSR count). The molecule has 0 aliphatic rings. The van der Waals surface area contributed by atoms with E-state index in [1.54, 1.807) is 24.4 Å². The zero-order valence-corrected chi connectivity index (χ0v) is 12.9. The number of nitro benzene ring substituents is 1. The third-order valence-electron chi connectivity index (χ3n) is 2.75. The Morgan fingerprint density at radius 3 is 2.61 bits per heavy atom. The zero-order chi connectivity index (χ0) is 16.8. The van der Waals surface area contributed by atoms with E-state index in [0.717, 1.165) is 6.07 Å². The van der Waals surface area contributed by atoms with Crippen molar-refractivity contribution in [1.82, 2.24) is 10.9 Å². The molecule has 0 saturated carbocycles. The number of carbonyl (C=O) groups excluding carboxylic acids is 2. The lowest BCUT2D eigenvalue weighted by atomic mass is 10.2. The Hall–Kier alpha value is -2.94. The first-order valence-electron chi connectivity index (χ1n) is 6.58. The number of carbonyl (C=O) groups is 2. The quantitative estimate of drug-likeness (QED) is 0.642. The van der Waals surface area contributed by atoms with Gasteiger partial charge in [0.15, 0.2) is 5.75 Å². The first kappa shape index (κ1) is 16.4. The fourth-order valence-corrected chi connectivity index (χ4v) is 2.35. The number of hydrogen-bond acceptors (Lipinski definition) is 6. The number of rotatable bonds is 5. The van der Waals surface area contributed by atoms with Crippen LogP contribution >= 0.6 is 11.3 Å². The normalized spacial score (nSPS) is 9.96. The van der Waals surface area contributed by atoms with E-state index >= 15 is 0 Å². The summed E-state index contributed by atoms with van der Waals surface area (Å²) in [5, 5.41) is 12.7. The van der Waals surface area contributed by atoms with Crippen molar-refractivity contribution in [3.05, 3.63) is 56.3 Å². The molecule has 9 heteroatoms. The minimum atomic E-state index is -0.666. The number of nitrogens with one attached hydrogen (secondary N) is 2. The third kappa shape index (κ3) is 4.04. The average molecular weight is 335 g/mol. The summed E-state index contributed by atoms with van der Waals surface area (Å²) in [4.78, 5) is 34.5. The molecule has 23 heavy (non-hydrogen) atoms. The molecule has 0 atom stereocenters. The van der Waals surface area contributed by atoms with Gasteiger partial charge >= 0.3 is 5.69 Å². The summed E-state index contributed by atoms with van der Waals surface area (Å²) in [7, 11) is 0. The van der Waals surface area contributed by atoms with Gasteiger partial charge in [0, 0.05) is 11.6 Å². The van der Waals surface area contributed by atoms with Crippen LogP contribution in [0.2, 0.25) is 0 Å². The Morgan fingerprint density at radius 2 is 2.00 bits per heavy atom. The third-order valence-corrected chi connectivity index (χ3v) is 3.62. The van der Waals surface area contributed by atoms with E-state index in [1.165, 1.54) is 23.5 Å². The van der Waals surface area contributed by atoms with E-state index in [9.17, 15) is 19.7 Å². The standard InChI is InChI=1S/C14H13N3O5S/c1-2-22-11-6-5-9(8-10(11)17(20)21)13(18)15-16-14(19)12-4-3-7-23-12/h3-8H,2H2,1H3,(H,15,18)(H,16,19). The van der Waals surface area contributed by atoms with Crippen LogP contribution in [0.5, 0.6) is 5.75 Å². The molecule has 0 fully saturated rings. The molecule has 120 valence electrons. The van der Waals surface area contributed by atoms with Crippen molar-refractivity contribution in [3.8, 4) is 5.75 Å². The van der Waals surface area contributed by atoms with Crippen molar-refractivity contribution in [1.29, 1.82) is 0 Å². The molecule has 0 saturated heterocycles. The number of hydrazine groups is 1. The molecule has 0 aliphatic carbocycles. The predicted octanol–water partition coefficient (Wildman–Crippen LogP) is 2.13. The van der Waals surface area contributed by atoms with Crippen molar-refractivity contribution >= 4 is 28.8 Å². The molecule has 0 bridgehead atoms. The van der Waals surface area contributed by atoms with Gasteiger partial charge < -0.3 is 4.74 Å². The van der Waals surface area contributed by atoms with Crippen LogP contribution in [0.1, 0.15) is 27.0 Å². The summed E-state index contributed by atoms with van der Waals surface area (Å²) in [6.45, 7) is 1.97. The van der Waals surface area contributed by atoms with Crippen LogP contribution in [0.25, 0.3) is 0 Å². The van der Waals surface area contributed by atoms with Crippen LogP contribution in [0.15, 0.2) is 35.7 Å². The molecule has 1 aromatic heterocycles. The topological polar surface area (TPSA) is 111 Å². The van der Waals surface area contributed by atoms with Gasteiger partial charge in [-0.3, -0.25) is 30.6 Å². The molecule has 2 N–H and O–H groups in total. The number of nitrogens with zero attached hydrogens (tertiary/aromatic N) is 1. The summed E-state index contributed by atoms with van der Waals surface area (Å²) in [6.07, 6.45) is 0. The smallest absolute Gasteiger partial charge is 0.311 e. The van der Waals surface area contributed by atoms with Gasteiger partial charge in [0.1, 0.15) is 0 Å². The lowest BCUT2D eigenvalue weighted by molar-refractivity contribution is -0.385. The Labute approximate surface area is 135 Å². The van der Waals surface area contributed by atoms with E-state index in [1.807, 2.05) is 0 Å². The molecule has 1 aromatic carbocycles. The second-order valence-electron chi connectivity index (χ2n) is 4.26. The van der Waals surface area contributed by atoms with Crippen LogP contribution in [-0.4, -0.2) is 23.3 Å². The Bertz CT molecular complexity index is 730. The van der Waals surface area contributed by atoms with Crippen LogP contribution in [-0.2, 0) is 0 Å². The monoisotopic (exact) mass is 335 g/mol. The van der Waals surface area contributed by atoms with Gasteiger partial charge in [-0.15, -0.1) is 11.3 Å². The number of nitro groups is 1. The highest BCUT2D eigenvalue weighted by Crippen LogP contribution is 2.27. The SMILES string of the molecule is CCOc1ccc(C(=O)NNC(=O)c2cccs2)cc1[N+](=O)[O-]. The largest absolute Gasteiger partial charge is 0.487 e. The molecular weight excluding hydrogens is 322 g/mol. The highest BCUT2D eigenvalue weighted by atomic mass is 32.1. The molecule has 1 heterocycles. The number of ether oxygens (including phenoxy) is 1. The average Bonchev–Trinajstić information content (AvgIpc) is 3.07. The number of benzene rings is 1. The summed E-state index contributed by atoms with van der Waals surface area (Å²) < 4.78 is 5.14. The Morgan fingerprint density at radius 1 is 1.26 bits per heavy atom. The molecule has 0 unspecified atom stereocenters. The zero-order valence-electron chi connectivity index (χ0n) is 12.1. The minimum absolute atomic E-state index is 0.0339. The number of hydrogen-bond donors (Lipinski definition) is 2. The number of thiophene rings is 1. The fraction of sp³-hybridized carbons (Fsp3) is 0.143. The van der Waals surface area contributed by atoms with Crippen molar-refractivity contribution < 1.29 is 19.2 Å². The van der Waals surface area contributed by atoms with Crippen molar-refractivity contribution in [2.45, 2.75) is 6.92 Å². The van der Waals surface area contributed by atoms with Crippen molar-refractivity contribution in [2.24, 2.45) is 0 Å². The van der Waals surface area contributed by atoms with E-state index in [-0.39, 0.29) is 23.6 Å². The van der Waals surface area contributed by atoms with E-state index in [2.05, 4.69) is 10.9 Å². The lowest BCUT2D eigenvalue weighted by Gasteiger charge is -2.08. The van der Waals surface area contributed by atoms with Gasteiger partial charge in [-0.1, -0.05) is 6.07 Å². The molecular formula is C14H13N3O5S. The highest BCUT2D eigenvalue weighted by Gasteiger charge is 2.19. The number of amides is 2. The molecule has 2 amide bonds. The van der Waals surface area contributed by atoms with E-state index < -0.39 is 16.7 Å². The first-order valence-corrected chi connectivity index (χ1v) is 7.46. The maximum atomic E-state index is 12.0. The second kappa shape index (κ2) is 7.36. The minimum Gasteiger partial charge on any atom is -0.487 e. The maximum absolute atomic E-state index is 12.0. The Balaban J connectivity index is 2.08. The van der Waals surface area contributed by atoms with Crippen molar-refractivity contribution in [3.63, 3.8) is 0 Å². The van der Waals surface area contributed by atoms with Crippen LogP contribution < -0.4 is 15.6 Å². The van der Waals surface area contributed by atoms with Crippen LogP contribution in [0, 0.1) is 10.1 Å². The molecule has 0 spiro atoms. The van der Waals surface area contributed by atoms with Gasteiger partial charge in [-0.2, -0.15) is 0 Å². The summed E-state index contributed by atoms with van der Waals surface area (Å²) >= 11 is 1.22. The van der Waals surface area contributed by atoms with Crippen molar-refractivity contribution in [2.75, 3.05) is 6.61 Å². The fourth-order valence-electron chi connectivity index (χ4n) is 1.73. The van der Waals surface area contributed by atoms with Gasteiger partial charge in [0.25, 0.3) is 11.8 Å². The van der Waals surface area contributed by atoms with E-state index in [0.29, 0.717) is 4.88 Å². The Kier molecular flexibility index (Phi) is 5.26. The second-order valence-corrected chi connectivity index (χ2v) is 5.21. The van der Waals surface area contributed by atoms with Gasteiger partial charge in [-0.05, 0) is 30.5 Å². The highest BCUT2D eigenvalue weighted by molar-refractivity contribution is 7.12. The van der Waals surface area contributed by atoms with E-state index in [4.69, 9.17) is 4.74 Å². The maximum Gasteiger partial charge on any atom is 0.311 e. The first-order chi connectivity index (χ1) is 11.0. The summed E-state index contributed by atoms with van der Waals surface area (Å²) in [5.74, 6) is -1.05. The van der Waals surface area contributed by atoms with Gasteiger partial charge in [0.05, 0.1) is 16.4 Å². The lowest BCUT2D eigenvalue weighted by Crippen LogP contribution is -2.41. The van der Waals surface area contributed by atoms with Gasteiger partial charge in [-0.25, -0.2) is 0 Å².